The van der Waals surface area contributed by atoms with Gasteiger partial charge in [0.15, 0.2) is 0 Å². The lowest BCUT2D eigenvalue weighted by Crippen LogP contribution is -2.16. The summed E-state index contributed by atoms with van der Waals surface area (Å²) in [6, 6.07) is 10.9. The number of aryl methyl sites for hydroxylation is 1. The quantitative estimate of drug-likeness (QED) is 0.440. The first-order valence-corrected chi connectivity index (χ1v) is 8.90. The van der Waals surface area contributed by atoms with Crippen molar-refractivity contribution in [1.29, 1.82) is 5.26 Å². The number of hydrogen-bond acceptors (Lipinski definition) is 6. The van der Waals surface area contributed by atoms with Crippen LogP contribution in [-0.4, -0.2) is 26.5 Å². The molecule has 0 aliphatic carbocycles. The number of anilines is 1. The van der Waals surface area contributed by atoms with E-state index in [1.54, 1.807) is 6.07 Å². The smallest absolute Gasteiger partial charge is 0.270 e. The number of hydrogen-bond donors (Lipinski definition) is 2. The maximum Gasteiger partial charge on any atom is 0.270 e. The van der Waals surface area contributed by atoms with Crippen LogP contribution in [0.1, 0.15) is 27.1 Å². The van der Waals surface area contributed by atoms with Crippen molar-refractivity contribution in [1.82, 2.24) is 9.78 Å². The summed E-state index contributed by atoms with van der Waals surface area (Å²) in [5.41, 5.74) is 5.24. The van der Waals surface area contributed by atoms with E-state index in [2.05, 4.69) is 10.4 Å². The number of non-ortho nitro benzene ring substituents is 1. The number of carbonyl (C=O) groups is 2. The molecule has 0 atom stereocenters. The number of nitrogens with zero attached hydrogens (tertiary/aromatic N) is 4. The number of nitrogens with one attached hydrogen (secondary N) is 1. The molecule has 1 heterocycles. The molecule has 3 aromatic rings. The second-order valence-electron chi connectivity index (χ2n) is 6.38. The fraction of sp³-hybridized carbons (Fsp3) is 0.100. The van der Waals surface area contributed by atoms with Gasteiger partial charge in [0.1, 0.15) is 11.5 Å². The SMILES string of the molecule is N#CCCn1cc(C(=O)Nc2ccc(F)c(C(N)=O)c2)c(-c2cccc([N+](=O)[O-])c2)n1. The van der Waals surface area contributed by atoms with Crippen LogP contribution in [0.3, 0.4) is 0 Å². The number of carbonyl (C=O) groups excluding carboxylic acids is 2. The maximum atomic E-state index is 13.7. The van der Waals surface area contributed by atoms with E-state index in [0.29, 0.717) is 5.56 Å². The number of rotatable bonds is 7. The molecule has 2 amide bonds. The summed E-state index contributed by atoms with van der Waals surface area (Å²) in [6.45, 7) is 0.202. The van der Waals surface area contributed by atoms with Crippen molar-refractivity contribution >= 4 is 23.2 Å². The van der Waals surface area contributed by atoms with Crippen LogP contribution in [0.25, 0.3) is 11.3 Å². The van der Waals surface area contributed by atoms with Gasteiger partial charge in [-0.25, -0.2) is 4.39 Å². The van der Waals surface area contributed by atoms with Gasteiger partial charge in [-0.3, -0.25) is 24.4 Å². The van der Waals surface area contributed by atoms with Crippen molar-refractivity contribution in [2.75, 3.05) is 5.32 Å². The van der Waals surface area contributed by atoms with Crippen LogP contribution in [0.2, 0.25) is 0 Å². The Kier molecular flexibility index (Phi) is 6.02. The molecule has 0 fully saturated rings. The zero-order valence-electron chi connectivity index (χ0n) is 15.9. The molecule has 0 aliphatic rings. The molecule has 0 aliphatic heterocycles. The third-order valence-electron chi connectivity index (χ3n) is 4.28. The van der Waals surface area contributed by atoms with Crippen molar-refractivity contribution in [3.05, 3.63) is 75.7 Å². The Bertz CT molecular complexity index is 1230. The van der Waals surface area contributed by atoms with Gasteiger partial charge in [-0.15, -0.1) is 0 Å². The van der Waals surface area contributed by atoms with Gasteiger partial charge >= 0.3 is 0 Å². The van der Waals surface area contributed by atoms with Gasteiger partial charge in [0.05, 0.1) is 35.1 Å². The van der Waals surface area contributed by atoms with Crippen molar-refractivity contribution in [3.8, 4) is 17.3 Å². The lowest BCUT2D eigenvalue weighted by molar-refractivity contribution is -0.384. The summed E-state index contributed by atoms with van der Waals surface area (Å²) >= 11 is 0. The van der Waals surface area contributed by atoms with Gasteiger partial charge in [-0.05, 0) is 18.2 Å². The molecule has 3 rings (SSSR count). The molecular formula is C20H15FN6O4. The van der Waals surface area contributed by atoms with E-state index >= 15 is 0 Å². The highest BCUT2D eigenvalue weighted by Crippen LogP contribution is 2.27. The molecule has 0 bridgehead atoms. The molecule has 0 saturated carbocycles. The fourth-order valence-corrected chi connectivity index (χ4v) is 2.84. The van der Waals surface area contributed by atoms with Gasteiger partial charge in [-0.2, -0.15) is 10.4 Å². The zero-order valence-corrected chi connectivity index (χ0v) is 15.9. The fourth-order valence-electron chi connectivity index (χ4n) is 2.84. The third-order valence-corrected chi connectivity index (χ3v) is 4.28. The van der Waals surface area contributed by atoms with Gasteiger partial charge < -0.3 is 11.1 Å². The summed E-state index contributed by atoms with van der Waals surface area (Å²) in [5, 5.41) is 26.7. The van der Waals surface area contributed by atoms with Crippen molar-refractivity contribution in [2.24, 2.45) is 5.73 Å². The van der Waals surface area contributed by atoms with Crippen molar-refractivity contribution < 1.29 is 18.9 Å². The Morgan fingerprint density at radius 1 is 1.26 bits per heavy atom. The molecule has 1 aromatic heterocycles. The number of aromatic nitrogens is 2. The molecule has 3 N–H and O–H groups in total. The standard InChI is InChI=1S/C20H15FN6O4/c21-17-6-5-13(10-15(17)19(23)28)24-20(29)16-11-26(8-2-7-22)25-18(16)12-3-1-4-14(9-12)27(30)31/h1,3-6,9-11H,2,8H2,(H2,23,28)(H,24,29). The highest BCUT2D eigenvalue weighted by atomic mass is 19.1. The molecular weight excluding hydrogens is 407 g/mol. The van der Waals surface area contributed by atoms with E-state index in [-0.39, 0.29) is 41.2 Å². The summed E-state index contributed by atoms with van der Waals surface area (Å²) in [6.07, 6.45) is 1.54. The van der Waals surface area contributed by atoms with Crippen molar-refractivity contribution in [3.63, 3.8) is 0 Å². The highest BCUT2D eigenvalue weighted by molar-refractivity contribution is 6.08. The van der Waals surface area contributed by atoms with Gasteiger partial charge in [-0.1, -0.05) is 12.1 Å². The number of nitriles is 1. The topological polar surface area (TPSA) is 157 Å². The average molecular weight is 422 g/mol. The number of primary amides is 1. The van der Waals surface area contributed by atoms with E-state index in [4.69, 9.17) is 11.0 Å². The number of benzene rings is 2. The van der Waals surface area contributed by atoms with Gasteiger partial charge in [0, 0.05) is 29.6 Å². The van der Waals surface area contributed by atoms with Crippen LogP contribution in [0.4, 0.5) is 15.8 Å². The molecule has 0 saturated heterocycles. The Hall–Kier alpha value is -4.59. The summed E-state index contributed by atoms with van der Waals surface area (Å²) in [7, 11) is 0. The molecule has 11 heteroatoms. The van der Waals surface area contributed by atoms with E-state index < -0.39 is 22.6 Å². The van der Waals surface area contributed by atoms with Gasteiger partial charge in [0.2, 0.25) is 0 Å². The first kappa shape index (κ1) is 21.1. The minimum Gasteiger partial charge on any atom is -0.366 e. The predicted molar refractivity (Wildman–Crippen MR) is 107 cm³/mol. The molecule has 0 unspecified atom stereocenters. The van der Waals surface area contributed by atoms with Crippen LogP contribution >= 0.6 is 0 Å². The lowest BCUT2D eigenvalue weighted by Gasteiger charge is -2.07. The zero-order chi connectivity index (χ0) is 22.5. The lowest BCUT2D eigenvalue weighted by atomic mass is 10.1. The first-order chi connectivity index (χ1) is 14.8. The monoisotopic (exact) mass is 422 g/mol. The normalized spacial score (nSPS) is 10.3. The van der Waals surface area contributed by atoms with E-state index in [1.165, 1.54) is 35.1 Å². The molecule has 0 spiro atoms. The minimum atomic E-state index is -0.991. The Morgan fingerprint density at radius 3 is 2.71 bits per heavy atom. The van der Waals surface area contributed by atoms with Crippen LogP contribution in [0.5, 0.6) is 0 Å². The van der Waals surface area contributed by atoms with E-state index in [1.807, 2.05) is 6.07 Å². The number of nitrogens with two attached hydrogens (primary N) is 1. The second kappa shape index (κ2) is 8.83. The number of amides is 2. The average Bonchev–Trinajstić information content (AvgIpc) is 3.18. The second-order valence-corrected chi connectivity index (χ2v) is 6.38. The summed E-state index contributed by atoms with van der Waals surface area (Å²) in [5.74, 6) is -2.46. The highest BCUT2D eigenvalue weighted by Gasteiger charge is 2.20. The van der Waals surface area contributed by atoms with Crippen LogP contribution in [-0.2, 0) is 6.54 Å². The number of nitro groups is 1. The molecule has 10 nitrogen and oxygen atoms in total. The number of nitro benzene ring substituents is 1. The third kappa shape index (κ3) is 4.70. The van der Waals surface area contributed by atoms with Crippen LogP contribution < -0.4 is 11.1 Å². The molecule has 2 aromatic carbocycles. The van der Waals surface area contributed by atoms with Crippen molar-refractivity contribution in [2.45, 2.75) is 13.0 Å². The van der Waals surface area contributed by atoms with Crippen LogP contribution in [0, 0.1) is 27.3 Å². The summed E-state index contributed by atoms with van der Waals surface area (Å²) in [4.78, 5) is 34.8. The first-order valence-electron chi connectivity index (χ1n) is 8.90. The maximum absolute atomic E-state index is 13.7. The molecule has 31 heavy (non-hydrogen) atoms. The minimum absolute atomic E-state index is 0.0726. The molecule has 0 radical (unpaired) electrons. The Labute approximate surface area is 174 Å². The van der Waals surface area contributed by atoms with E-state index in [0.717, 1.165) is 12.1 Å². The van der Waals surface area contributed by atoms with Gasteiger partial charge in [0.25, 0.3) is 17.5 Å². The predicted octanol–water partition coefficient (Wildman–Crippen LogP) is 2.86. The van der Waals surface area contributed by atoms with Crippen LogP contribution in [0.15, 0.2) is 48.7 Å². The largest absolute Gasteiger partial charge is 0.366 e. The Morgan fingerprint density at radius 2 is 2.03 bits per heavy atom. The summed E-state index contributed by atoms with van der Waals surface area (Å²) < 4.78 is 15.1. The Balaban J connectivity index is 2.00. The molecule has 156 valence electrons. The number of halogens is 1. The van der Waals surface area contributed by atoms with E-state index in [9.17, 15) is 24.1 Å².